The molecule has 1 amide bonds. The fourth-order valence-corrected chi connectivity index (χ4v) is 2.29. The van der Waals surface area contributed by atoms with Crippen molar-refractivity contribution in [3.63, 3.8) is 0 Å². The molecule has 0 aromatic heterocycles. The molecule has 1 aromatic rings. The maximum atomic E-state index is 11.9. The molecule has 3 N–H and O–H groups in total. The average Bonchev–Trinajstić information content (AvgIpc) is 2.38. The minimum atomic E-state index is -0.577. The third kappa shape index (κ3) is 4.40. The maximum Gasteiger partial charge on any atom is 0.241 e. The number of rotatable bonds is 6. The number of hydrogen-bond acceptors (Lipinski definition) is 3. The lowest BCUT2D eigenvalue weighted by Crippen LogP contribution is -2.41. The highest BCUT2D eigenvalue weighted by atomic mass is 32.2. The third-order valence-corrected chi connectivity index (χ3v) is 3.38. The lowest BCUT2D eigenvalue weighted by atomic mass is 10.1. The molecule has 0 radical (unpaired) electrons. The second-order valence-corrected chi connectivity index (χ2v) is 4.87. The fourth-order valence-electron chi connectivity index (χ4n) is 1.57. The summed E-state index contributed by atoms with van der Waals surface area (Å²) in [5, 5.41) is 2.98. The van der Waals surface area contributed by atoms with Gasteiger partial charge < -0.3 is 11.1 Å². The van der Waals surface area contributed by atoms with Crippen LogP contribution >= 0.6 is 11.8 Å². The van der Waals surface area contributed by atoms with Gasteiger partial charge in [0.1, 0.15) is 6.04 Å². The van der Waals surface area contributed by atoms with Crippen molar-refractivity contribution in [3.05, 3.63) is 35.9 Å². The van der Waals surface area contributed by atoms with E-state index in [0.29, 0.717) is 0 Å². The first kappa shape index (κ1) is 14.1. The first-order valence-electron chi connectivity index (χ1n) is 5.78. The number of nitrogens with one attached hydrogen (secondary N) is 1. The molecule has 94 valence electrons. The molecule has 17 heavy (non-hydrogen) atoms. The highest BCUT2D eigenvalue weighted by Crippen LogP contribution is 2.10. The van der Waals surface area contributed by atoms with E-state index in [1.165, 1.54) is 0 Å². The van der Waals surface area contributed by atoms with E-state index in [4.69, 9.17) is 5.73 Å². The number of hydrogen-bond donors (Lipinski definition) is 2. The first-order valence-corrected chi connectivity index (χ1v) is 7.18. The zero-order valence-corrected chi connectivity index (χ0v) is 11.2. The van der Waals surface area contributed by atoms with Crippen LogP contribution in [0.15, 0.2) is 30.3 Å². The molecular weight excluding hydrogens is 232 g/mol. The van der Waals surface area contributed by atoms with Gasteiger partial charge in [-0.05, 0) is 18.2 Å². The van der Waals surface area contributed by atoms with Crippen LogP contribution in [0.2, 0.25) is 0 Å². The summed E-state index contributed by atoms with van der Waals surface area (Å²) in [7, 11) is 0. The molecule has 3 nitrogen and oxygen atoms in total. The Labute approximate surface area is 107 Å². The van der Waals surface area contributed by atoms with Crippen molar-refractivity contribution in [3.8, 4) is 0 Å². The lowest BCUT2D eigenvalue weighted by Gasteiger charge is -2.19. The van der Waals surface area contributed by atoms with Crippen LogP contribution in [-0.2, 0) is 4.79 Å². The quantitative estimate of drug-likeness (QED) is 0.813. The Morgan fingerprint density at radius 1 is 1.41 bits per heavy atom. The molecule has 0 fully saturated rings. The van der Waals surface area contributed by atoms with Gasteiger partial charge in [0.15, 0.2) is 0 Å². The third-order valence-electron chi connectivity index (χ3n) is 2.65. The van der Waals surface area contributed by atoms with Crippen LogP contribution in [0.3, 0.4) is 0 Å². The van der Waals surface area contributed by atoms with Gasteiger partial charge in [0.05, 0.1) is 0 Å². The van der Waals surface area contributed by atoms with Gasteiger partial charge in [0.2, 0.25) is 5.91 Å². The molecule has 0 heterocycles. The van der Waals surface area contributed by atoms with E-state index in [1.807, 2.05) is 36.6 Å². The van der Waals surface area contributed by atoms with Crippen molar-refractivity contribution >= 4 is 17.7 Å². The number of thioether (sulfide) groups is 1. The predicted molar refractivity (Wildman–Crippen MR) is 74.0 cm³/mol. The van der Waals surface area contributed by atoms with Crippen LogP contribution in [0.25, 0.3) is 0 Å². The van der Waals surface area contributed by atoms with Crippen molar-refractivity contribution in [1.29, 1.82) is 0 Å². The highest BCUT2D eigenvalue weighted by Gasteiger charge is 2.18. The summed E-state index contributed by atoms with van der Waals surface area (Å²) in [6, 6.07) is 9.07. The van der Waals surface area contributed by atoms with Gasteiger partial charge >= 0.3 is 0 Å². The predicted octanol–water partition coefficient (Wildman–Crippen LogP) is 1.94. The Morgan fingerprint density at radius 3 is 2.59 bits per heavy atom. The normalized spacial score (nSPS) is 14.1. The molecule has 2 unspecified atom stereocenters. The molecule has 1 rings (SSSR count). The summed E-state index contributed by atoms with van der Waals surface area (Å²) in [6.07, 6.45) is 2.96. The number of carbonyl (C=O) groups excluding carboxylic acids is 1. The molecule has 0 saturated heterocycles. The second kappa shape index (κ2) is 7.35. The van der Waals surface area contributed by atoms with Crippen LogP contribution < -0.4 is 11.1 Å². The summed E-state index contributed by atoms with van der Waals surface area (Å²) < 4.78 is 0. The van der Waals surface area contributed by atoms with Crippen LogP contribution in [-0.4, -0.2) is 24.0 Å². The molecule has 4 heteroatoms. The molecule has 1 aromatic carbocycles. The number of amides is 1. The topological polar surface area (TPSA) is 55.1 Å². The largest absolute Gasteiger partial charge is 0.351 e. The van der Waals surface area contributed by atoms with Crippen LogP contribution in [0, 0.1) is 0 Å². The average molecular weight is 252 g/mol. The summed E-state index contributed by atoms with van der Waals surface area (Å²) >= 11 is 1.73. The Bertz CT molecular complexity index is 343. The van der Waals surface area contributed by atoms with Crippen molar-refractivity contribution in [2.24, 2.45) is 5.73 Å². The van der Waals surface area contributed by atoms with Crippen LogP contribution in [0.4, 0.5) is 0 Å². The van der Waals surface area contributed by atoms with E-state index in [-0.39, 0.29) is 11.9 Å². The minimum Gasteiger partial charge on any atom is -0.351 e. The van der Waals surface area contributed by atoms with Gasteiger partial charge in [-0.25, -0.2) is 0 Å². The molecule has 0 aliphatic heterocycles. The van der Waals surface area contributed by atoms with E-state index in [0.717, 1.165) is 17.7 Å². The van der Waals surface area contributed by atoms with Crippen molar-refractivity contribution in [2.75, 3.05) is 12.0 Å². The minimum absolute atomic E-state index is 0.0999. The zero-order chi connectivity index (χ0) is 12.7. The van der Waals surface area contributed by atoms with Gasteiger partial charge in [0.25, 0.3) is 0 Å². The molecule has 0 saturated carbocycles. The summed E-state index contributed by atoms with van der Waals surface area (Å²) in [4.78, 5) is 11.9. The number of nitrogens with two attached hydrogens (primary N) is 1. The summed E-state index contributed by atoms with van der Waals surface area (Å²) in [6.45, 7) is 2.06. The molecule has 0 aliphatic rings. The van der Waals surface area contributed by atoms with E-state index in [1.54, 1.807) is 11.8 Å². The molecule has 0 bridgehead atoms. The smallest absolute Gasteiger partial charge is 0.241 e. The number of benzene rings is 1. The van der Waals surface area contributed by atoms with Crippen molar-refractivity contribution < 1.29 is 4.79 Å². The van der Waals surface area contributed by atoms with Gasteiger partial charge in [0, 0.05) is 11.8 Å². The molecule has 2 atom stereocenters. The van der Waals surface area contributed by atoms with Crippen LogP contribution in [0.5, 0.6) is 0 Å². The molecular formula is C13H20N2OS. The highest BCUT2D eigenvalue weighted by molar-refractivity contribution is 7.98. The molecule has 0 spiro atoms. The SMILES string of the molecule is CCC(CSC)NC(=O)C(N)c1ccccc1. The summed E-state index contributed by atoms with van der Waals surface area (Å²) in [5.41, 5.74) is 6.77. The van der Waals surface area contributed by atoms with Crippen LogP contribution in [0.1, 0.15) is 24.9 Å². The Kier molecular flexibility index (Phi) is 6.08. The lowest BCUT2D eigenvalue weighted by molar-refractivity contribution is -0.123. The van der Waals surface area contributed by atoms with Crippen molar-refractivity contribution in [1.82, 2.24) is 5.32 Å². The fraction of sp³-hybridized carbons (Fsp3) is 0.462. The summed E-state index contributed by atoms with van der Waals surface area (Å²) in [5.74, 6) is 0.820. The van der Waals surface area contributed by atoms with Gasteiger partial charge in [-0.15, -0.1) is 0 Å². The van der Waals surface area contributed by atoms with Gasteiger partial charge in [-0.1, -0.05) is 37.3 Å². The van der Waals surface area contributed by atoms with Gasteiger partial charge in [-0.3, -0.25) is 4.79 Å². The first-order chi connectivity index (χ1) is 8.19. The van der Waals surface area contributed by atoms with E-state index in [9.17, 15) is 4.79 Å². The Morgan fingerprint density at radius 2 is 2.06 bits per heavy atom. The van der Waals surface area contributed by atoms with Crippen molar-refractivity contribution in [2.45, 2.75) is 25.4 Å². The van der Waals surface area contributed by atoms with E-state index < -0.39 is 6.04 Å². The van der Waals surface area contributed by atoms with Gasteiger partial charge in [-0.2, -0.15) is 11.8 Å². The van der Waals surface area contributed by atoms with E-state index in [2.05, 4.69) is 12.2 Å². The standard InChI is InChI=1S/C13H20N2OS/c1-3-11(9-17-2)15-13(16)12(14)10-7-5-4-6-8-10/h4-8,11-12H,3,9,14H2,1-2H3,(H,15,16). The zero-order valence-electron chi connectivity index (χ0n) is 10.3. The second-order valence-electron chi connectivity index (χ2n) is 3.96. The Hall–Kier alpha value is -1.00. The maximum absolute atomic E-state index is 11.9. The Balaban J connectivity index is 2.58. The number of carbonyl (C=O) groups is 1. The van der Waals surface area contributed by atoms with E-state index >= 15 is 0 Å². The monoisotopic (exact) mass is 252 g/mol. The molecule has 0 aliphatic carbocycles.